The Morgan fingerprint density at radius 2 is 1.78 bits per heavy atom. The summed E-state index contributed by atoms with van der Waals surface area (Å²) >= 11 is 0. The van der Waals surface area contributed by atoms with Gasteiger partial charge in [-0.2, -0.15) is 0 Å². The lowest BCUT2D eigenvalue weighted by molar-refractivity contribution is -0.122. The van der Waals surface area contributed by atoms with Crippen LogP contribution in [-0.4, -0.2) is 18.0 Å². The molecule has 0 heterocycles. The maximum Gasteiger partial charge on any atom is 0.237 e. The van der Waals surface area contributed by atoms with E-state index in [1.165, 1.54) is 16.7 Å². The van der Waals surface area contributed by atoms with E-state index in [9.17, 15) is 4.79 Å². The fraction of sp³-hybridized carbons (Fsp3) is 0.350. The number of aryl methyl sites for hydroxylation is 2. The SMILES string of the molecule is Cc1ccc(C[C@H](C)NC(=O)[C@H](N)Cc2ccccc2)c(C)c1. The quantitative estimate of drug-likeness (QED) is 0.862. The van der Waals surface area contributed by atoms with Gasteiger partial charge in [0.1, 0.15) is 0 Å². The topological polar surface area (TPSA) is 55.1 Å². The van der Waals surface area contributed by atoms with Gasteiger partial charge in [-0.1, -0.05) is 54.1 Å². The van der Waals surface area contributed by atoms with Crippen molar-refractivity contribution in [2.45, 2.75) is 45.7 Å². The molecule has 0 spiro atoms. The molecule has 1 amide bonds. The van der Waals surface area contributed by atoms with Gasteiger partial charge < -0.3 is 11.1 Å². The summed E-state index contributed by atoms with van der Waals surface area (Å²) in [5.74, 6) is -0.0916. The van der Waals surface area contributed by atoms with Crippen molar-refractivity contribution in [1.29, 1.82) is 0 Å². The summed E-state index contributed by atoms with van der Waals surface area (Å²) in [5.41, 5.74) is 10.9. The van der Waals surface area contributed by atoms with Crippen LogP contribution in [0.15, 0.2) is 48.5 Å². The molecule has 2 aromatic carbocycles. The first-order valence-electron chi connectivity index (χ1n) is 8.11. The number of benzene rings is 2. The number of hydrogen-bond acceptors (Lipinski definition) is 2. The van der Waals surface area contributed by atoms with E-state index in [0.717, 1.165) is 12.0 Å². The van der Waals surface area contributed by atoms with Crippen molar-refractivity contribution in [1.82, 2.24) is 5.32 Å². The standard InChI is InChI=1S/C20H26N2O/c1-14-9-10-18(15(2)11-14)12-16(3)22-20(23)19(21)13-17-7-5-4-6-8-17/h4-11,16,19H,12-13,21H2,1-3H3,(H,22,23)/t16-,19+/m0/s1. The van der Waals surface area contributed by atoms with Crippen molar-refractivity contribution in [2.75, 3.05) is 0 Å². The number of nitrogens with two attached hydrogens (primary N) is 1. The third-order valence-electron chi connectivity index (χ3n) is 4.05. The molecule has 0 aliphatic rings. The normalized spacial score (nSPS) is 13.4. The van der Waals surface area contributed by atoms with Crippen molar-refractivity contribution in [3.05, 3.63) is 70.8 Å². The highest BCUT2D eigenvalue weighted by Gasteiger charge is 2.16. The van der Waals surface area contributed by atoms with Crippen LogP contribution in [0.2, 0.25) is 0 Å². The predicted molar refractivity (Wildman–Crippen MR) is 95.3 cm³/mol. The van der Waals surface area contributed by atoms with Crippen molar-refractivity contribution < 1.29 is 4.79 Å². The second kappa shape index (κ2) is 7.93. The van der Waals surface area contributed by atoms with Crippen LogP contribution in [0.4, 0.5) is 0 Å². The Bertz CT molecular complexity index is 652. The summed E-state index contributed by atoms with van der Waals surface area (Å²) in [6.45, 7) is 6.22. The summed E-state index contributed by atoms with van der Waals surface area (Å²) in [6, 6.07) is 15.8. The Morgan fingerprint density at radius 1 is 1.09 bits per heavy atom. The van der Waals surface area contributed by atoms with E-state index in [-0.39, 0.29) is 11.9 Å². The summed E-state index contributed by atoms with van der Waals surface area (Å²) in [7, 11) is 0. The van der Waals surface area contributed by atoms with Gasteiger partial charge in [-0.3, -0.25) is 4.79 Å². The maximum atomic E-state index is 12.3. The average Bonchev–Trinajstić information content (AvgIpc) is 2.51. The number of carbonyl (C=O) groups is 1. The largest absolute Gasteiger partial charge is 0.352 e. The lowest BCUT2D eigenvalue weighted by Crippen LogP contribution is -2.46. The zero-order chi connectivity index (χ0) is 16.8. The molecule has 2 aromatic rings. The highest BCUT2D eigenvalue weighted by Crippen LogP contribution is 2.12. The van der Waals surface area contributed by atoms with E-state index in [2.05, 4.69) is 37.4 Å². The molecular formula is C20H26N2O. The first-order chi connectivity index (χ1) is 11.0. The Kier molecular flexibility index (Phi) is 5.94. The van der Waals surface area contributed by atoms with Gasteiger partial charge >= 0.3 is 0 Å². The summed E-state index contributed by atoms with van der Waals surface area (Å²) < 4.78 is 0. The Labute approximate surface area is 138 Å². The molecule has 0 saturated carbocycles. The molecule has 122 valence electrons. The van der Waals surface area contributed by atoms with Gasteiger partial charge in [-0.15, -0.1) is 0 Å². The first-order valence-corrected chi connectivity index (χ1v) is 8.11. The van der Waals surface area contributed by atoms with Gasteiger partial charge in [0.15, 0.2) is 0 Å². The molecule has 3 heteroatoms. The van der Waals surface area contributed by atoms with Crippen LogP contribution >= 0.6 is 0 Å². The molecule has 0 aromatic heterocycles. The fourth-order valence-electron chi connectivity index (χ4n) is 2.77. The predicted octanol–water partition coefficient (Wildman–Crippen LogP) is 2.92. The minimum absolute atomic E-state index is 0.0609. The fourth-order valence-corrected chi connectivity index (χ4v) is 2.77. The van der Waals surface area contributed by atoms with Crippen LogP contribution < -0.4 is 11.1 Å². The van der Waals surface area contributed by atoms with Crippen LogP contribution in [0.1, 0.15) is 29.2 Å². The molecule has 3 N–H and O–H groups in total. The highest BCUT2D eigenvalue weighted by molar-refractivity contribution is 5.82. The van der Waals surface area contributed by atoms with Crippen molar-refractivity contribution in [3.8, 4) is 0 Å². The van der Waals surface area contributed by atoms with Crippen LogP contribution in [0, 0.1) is 13.8 Å². The number of nitrogens with one attached hydrogen (secondary N) is 1. The second-order valence-corrected chi connectivity index (χ2v) is 6.34. The van der Waals surface area contributed by atoms with Gasteiger partial charge in [0.05, 0.1) is 6.04 Å². The Morgan fingerprint density at radius 3 is 2.43 bits per heavy atom. The Hall–Kier alpha value is -2.13. The summed E-state index contributed by atoms with van der Waals surface area (Å²) in [5, 5.41) is 3.03. The van der Waals surface area contributed by atoms with Crippen LogP contribution in [0.3, 0.4) is 0 Å². The molecule has 23 heavy (non-hydrogen) atoms. The number of rotatable bonds is 6. The van der Waals surface area contributed by atoms with Gasteiger partial charge in [0.25, 0.3) is 0 Å². The lowest BCUT2D eigenvalue weighted by atomic mass is 9.99. The van der Waals surface area contributed by atoms with Gasteiger partial charge in [-0.25, -0.2) is 0 Å². The molecule has 3 nitrogen and oxygen atoms in total. The smallest absolute Gasteiger partial charge is 0.237 e. The Balaban J connectivity index is 1.88. The average molecular weight is 310 g/mol. The van der Waals surface area contributed by atoms with Crippen molar-refractivity contribution in [2.24, 2.45) is 5.73 Å². The van der Waals surface area contributed by atoms with E-state index in [0.29, 0.717) is 6.42 Å². The molecule has 2 atom stereocenters. The second-order valence-electron chi connectivity index (χ2n) is 6.34. The van der Waals surface area contributed by atoms with E-state index in [1.807, 2.05) is 37.3 Å². The van der Waals surface area contributed by atoms with E-state index < -0.39 is 6.04 Å². The third kappa shape index (κ3) is 5.22. The maximum absolute atomic E-state index is 12.3. The molecule has 0 bridgehead atoms. The first kappa shape index (κ1) is 17.2. The van der Waals surface area contributed by atoms with Gasteiger partial charge in [0, 0.05) is 6.04 Å². The molecule has 0 saturated heterocycles. The molecule has 0 unspecified atom stereocenters. The van der Waals surface area contributed by atoms with Crippen molar-refractivity contribution in [3.63, 3.8) is 0 Å². The molecule has 0 fully saturated rings. The van der Waals surface area contributed by atoms with Gasteiger partial charge in [-0.05, 0) is 50.3 Å². The van der Waals surface area contributed by atoms with E-state index in [4.69, 9.17) is 5.73 Å². The van der Waals surface area contributed by atoms with Crippen molar-refractivity contribution >= 4 is 5.91 Å². The van der Waals surface area contributed by atoms with Crippen LogP contribution in [0.5, 0.6) is 0 Å². The van der Waals surface area contributed by atoms with Crippen LogP contribution in [0.25, 0.3) is 0 Å². The third-order valence-corrected chi connectivity index (χ3v) is 4.05. The summed E-state index contributed by atoms with van der Waals surface area (Å²) in [4.78, 5) is 12.3. The lowest BCUT2D eigenvalue weighted by Gasteiger charge is -2.19. The number of carbonyl (C=O) groups excluding carboxylic acids is 1. The number of hydrogen-bond donors (Lipinski definition) is 2. The minimum Gasteiger partial charge on any atom is -0.352 e. The molecule has 0 aliphatic carbocycles. The zero-order valence-corrected chi connectivity index (χ0v) is 14.2. The monoisotopic (exact) mass is 310 g/mol. The minimum atomic E-state index is -0.515. The van der Waals surface area contributed by atoms with E-state index >= 15 is 0 Å². The van der Waals surface area contributed by atoms with E-state index in [1.54, 1.807) is 0 Å². The summed E-state index contributed by atoms with van der Waals surface area (Å²) in [6.07, 6.45) is 1.37. The molecule has 2 rings (SSSR count). The van der Waals surface area contributed by atoms with Gasteiger partial charge in [0.2, 0.25) is 5.91 Å². The molecular weight excluding hydrogens is 284 g/mol. The molecule has 0 radical (unpaired) electrons. The number of amides is 1. The highest BCUT2D eigenvalue weighted by atomic mass is 16.2. The molecule has 0 aliphatic heterocycles. The zero-order valence-electron chi connectivity index (χ0n) is 14.2. The van der Waals surface area contributed by atoms with Crippen LogP contribution in [-0.2, 0) is 17.6 Å².